The van der Waals surface area contributed by atoms with Gasteiger partial charge in [-0.25, -0.2) is 0 Å². The standard InChI is InChI=1S/C8H18O4Si/c1-5-11-13(4,12-6-2)7-10-8(3)9/h5-7H2,1-4H3. The Balaban J connectivity index is 3.98. The van der Waals surface area contributed by atoms with Crippen LogP contribution >= 0.6 is 0 Å². The lowest BCUT2D eigenvalue weighted by molar-refractivity contribution is -0.140. The van der Waals surface area contributed by atoms with Crippen LogP contribution in [-0.2, 0) is 18.4 Å². The Morgan fingerprint density at radius 2 is 1.69 bits per heavy atom. The molecule has 0 aromatic carbocycles. The number of hydrogen-bond acceptors (Lipinski definition) is 4. The highest BCUT2D eigenvalue weighted by Crippen LogP contribution is 2.07. The van der Waals surface area contributed by atoms with Crippen LogP contribution in [0.15, 0.2) is 0 Å². The summed E-state index contributed by atoms with van der Waals surface area (Å²) in [6, 6.07) is 0. The minimum absolute atomic E-state index is 0.268. The average molecular weight is 206 g/mol. The van der Waals surface area contributed by atoms with Gasteiger partial charge in [0.05, 0.1) is 0 Å². The second-order valence-electron chi connectivity index (χ2n) is 2.78. The van der Waals surface area contributed by atoms with Crippen molar-refractivity contribution in [3.8, 4) is 0 Å². The maximum atomic E-state index is 10.6. The van der Waals surface area contributed by atoms with E-state index in [9.17, 15) is 4.79 Å². The summed E-state index contributed by atoms with van der Waals surface area (Å²) < 4.78 is 15.8. The Morgan fingerprint density at radius 3 is 2.00 bits per heavy atom. The van der Waals surface area contributed by atoms with E-state index in [1.807, 2.05) is 20.4 Å². The summed E-state index contributed by atoms with van der Waals surface area (Å²) in [6.45, 7) is 8.25. The van der Waals surface area contributed by atoms with Crippen molar-refractivity contribution in [3.05, 3.63) is 0 Å². The van der Waals surface area contributed by atoms with Crippen molar-refractivity contribution >= 4 is 14.5 Å². The summed E-state index contributed by atoms with van der Waals surface area (Å²) in [7, 11) is -2.26. The zero-order valence-electron chi connectivity index (χ0n) is 8.75. The topological polar surface area (TPSA) is 44.8 Å². The molecule has 0 amide bonds. The van der Waals surface area contributed by atoms with Gasteiger partial charge in [0.25, 0.3) is 0 Å². The minimum atomic E-state index is -2.26. The van der Waals surface area contributed by atoms with Gasteiger partial charge in [0.1, 0.15) is 6.23 Å². The van der Waals surface area contributed by atoms with Crippen LogP contribution in [0.2, 0.25) is 6.55 Å². The summed E-state index contributed by atoms with van der Waals surface area (Å²) in [5, 5.41) is 0. The van der Waals surface area contributed by atoms with Crippen LogP contribution in [0.4, 0.5) is 0 Å². The SMILES string of the molecule is CCO[Si](C)(COC(C)=O)OCC. The zero-order valence-corrected chi connectivity index (χ0v) is 9.75. The third-order valence-electron chi connectivity index (χ3n) is 1.44. The maximum absolute atomic E-state index is 10.6. The second kappa shape index (κ2) is 6.12. The predicted octanol–water partition coefficient (Wildman–Crippen LogP) is 1.23. The highest BCUT2D eigenvalue weighted by molar-refractivity contribution is 6.66. The second-order valence-corrected chi connectivity index (χ2v) is 5.91. The molecule has 0 unspecified atom stereocenters. The molecule has 0 spiro atoms. The van der Waals surface area contributed by atoms with E-state index in [1.165, 1.54) is 6.92 Å². The molecule has 5 heteroatoms. The van der Waals surface area contributed by atoms with Crippen molar-refractivity contribution in [3.63, 3.8) is 0 Å². The fourth-order valence-electron chi connectivity index (χ4n) is 0.968. The van der Waals surface area contributed by atoms with Crippen LogP contribution in [0.3, 0.4) is 0 Å². The van der Waals surface area contributed by atoms with Gasteiger partial charge >= 0.3 is 14.5 Å². The van der Waals surface area contributed by atoms with E-state index in [2.05, 4.69) is 0 Å². The summed E-state index contributed by atoms with van der Waals surface area (Å²) >= 11 is 0. The van der Waals surface area contributed by atoms with Crippen molar-refractivity contribution in [2.45, 2.75) is 27.3 Å². The highest BCUT2D eigenvalue weighted by Gasteiger charge is 2.32. The van der Waals surface area contributed by atoms with Crippen LogP contribution in [0.5, 0.6) is 0 Å². The molecule has 0 aromatic rings. The summed E-state index contributed by atoms with van der Waals surface area (Å²) in [4.78, 5) is 10.6. The van der Waals surface area contributed by atoms with Gasteiger partial charge in [-0.2, -0.15) is 0 Å². The van der Waals surface area contributed by atoms with E-state index in [-0.39, 0.29) is 12.2 Å². The highest BCUT2D eigenvalue weighted by atomic mass is 28.4. The Labute approximate surface area is 80.4 Å². The van der Waals surface area contributed by atoms with E-state index in [1.54, 1.807) is 0 Å². The number of ether oxygens (including phenoxy) is 1. The van der Waals surface area contributed by atoms with Gasteiger partial charge in [0, 0.05) is 20.1 Å². The van der Waals surface area contributed by atoms with Crippen LogP contribution in [0, 0.1) is 0 Å². The van der Waals surface area contributed by atoms with E-state index in [0.29, 0.717) is 13.2 Å². The van der Waals surface area contributed by atoms with Crippen molar-refractivity contribution in [1.29, 1.82) is 0 Å². The Kier molecular flexibility index (Phi) is 5.94. The van der Waals surface area contributed by atoms with Crippen LogP contribution < -0.4 is 0 Å². The van der Waals surface area contributed by atoms with E-state index in [0.717, 1.165) is 0 Å². The Hall–Kier alpha value is -0.393. The molecule has 4 nitrogen and oxygen atoms in total. The molecular formula is C8H18O4Si. The van der Waals surface area contributed by atoms with Crippen LogP contribution in [-0.4, -0.2) is 34.0 Å². The lowest BCUT2D eigenvalue weighted by Crippen LogP contribution is -2.44. The predicted molar refractivity (Wildman–Crippen MR) is 51.5 cm³/mol. The molecule has 0 fully saturated rings. The molecule has 78 valence electrons. The molecule has 0 aliphatic heterocycles. The molecule has 0 aromatic heterocycles. The number of rotatable bonds is 6. The first-order chi connectivity index (χ1) is 6.04. The maximum Gasteiger partial charge on any atom is 0.373 e. The van der Waals surface area contributed by atoms with Gasteiger partial charge in [-0.05, 0) is 20.4 Å². The van der Waals surface area contributed by atoms with Crippen LogP contribution in [0.25, 0.3) is 0 Å². The third kappa shape index (κ3) is 5.79. The first kappa shape index (κ1) is 12.6. The zero-order chi connectivity index (χ0) is 10.3. The number of esters is 1. The molecule has 13 heavy (non-hydrogen) atoms. The molecule has 0 aliphatic carbocycles. The lowest BCUT2D eigenvalue weighted by atomic mass is 10.8. The van der Waals surface area contributed by atoms with Gasteiger partial charge in [0.2, 0.25) is 0 Å². The smallest absolute Gasteiger partial charge is 0.373 e. The quantitative estimate of drug-likeness (QED) is 0.484. The van der Waals surface area contributed by atoms with Gasteiger partial charge in [-0.15, -0.1) is 0 Å². The van der Waals surface area contributed by atoms with E-state index in [4.69, 9.17) is 13.6 Å². The molecule has 0 radical (unpaired) electrons. The first-order valence-electron chi connectivity index (χ1n) is 4.45. The summed E-state index contributed by atoms with van der Waals surface area (Å²) in [6.07, 6.45) is 0.268. The average Bonchev–Trinajstić information content (AvgIpc) is 2.02. The normalized spacial score (nSPS) is 11.4. The fourth-order valence-corrected chi connectivity index (χ4v) is 2.91. The summed E-state index contributed by atoms with van der Waals surface area (Å²) in [5.74, 6) is -0.293. The summed E-state index contributed by atoms with van der Waals surface area (Å²) in [5.41, 5.74) is 0. The molecule has 0 saturated heterocycles. The number of hydrogen-bond donors (Lipinski definition) is 0. The van der Waals surface area contributed by atoms with Gasteiger partial charge in [-0.3, -0.25) is 4.79 Å². The largest absolute Gasteiger partial charge is 0.464 e. The van der Waals surface area contributed by atoms with Gasteiger partial charge < -0.3 is 13.6 Å². The van der Waals surface area contributed by atoms with Gasteiger partial charge in [0.15, 0.2) is 0 Å². The minimum Gasteiger partial charge on any atom is -0.464 e. The van der Waals surface area contributed by atoms with E-state index >= 15 is 0 Å². The van der Waals surface area contributed by atoms with Crippen molar-refractivity contribution < 1.29 is 18.4 Å². The van der Waals surface area contributed by atoms with Gasteiger partial charge in [-0.1, -0.05) is 0 Å². The first-order valence-corrected chi connectivity index (χ1v) is 6.97. The molecule has 0 N–H and O–H groups in total. The third-order valence-corrected chi connectivity index (χ3v) is 3.90. The molecule has 0 aliphatic rings. The van der Waals surface area contributed by atoms with Crippen molar-refractivity contribution in [1.82, 2.24) is 0 Å². The number of carbonyl (C=O) groups excluding carboxylic acids is 1. The lowest BCUT2D eigenvalue weighted by Gasteiger charge is -2.24. The molecule has 0 saturated carbocycles. The Bertz CT molecular complexity index is 154. The molecule has 0 atom stereocenters. The molecule has 0 bridgehead atoms. The number of carbonyl (C=O) groups is 1. The van der Waals surface area contributed by atoms with E-state index < -0.39 is 8.56 Å². The van der Waals surface area contributed by atoms with Crippen LogP contribution in [0.1, 0.15) is 20.8 Å². The molecule has 0 heterocycles. The monoisotopic (exact) mass is 206 g/mol. The molecular weight excluding hydrogens is 188 g/mol. The Morgan fingerprint density at radius 1 is 1.23 bits per heavy atom. The van der Waals surface area contributed by atoms with Crippen molar-refractivity contribution in [2.75, 3.05) is 19.4 Å². The van der Waals surface area contributed by atoms with Crippen molar-refractivity contribution in [2.24, 2.45) is 0 Å². The molecule has 0 rings (SSSR count). The fraction of sp³-hybridized carbons (Fsp3) is 0.875.